The van der Waals surface area contributed by atoms with Crippen LogP contribution in [-0.4, -0.2) is 44.7 Å². The fourth-order valence-corrected chi connectivity index (χ4v) is 4.66. The van der Waals surface area contributed by atoms with E-state index in [1.54, 1.807) is 17.0 Å². The number of nitrogens with one attached hydrogen (secondary N) is 1. The first kappa shape index (κ1) is 23.6. The zero-order valence-electron chi connectivity index (χ0n) is 19.6. The maximum absolute atomic E-state index is 12.9. The van der Waals surface area contributed by atoms with Gasteiger partial charge in [0.1, 0.15) is 0 Å². The Kier molecular flexibility index (Phi) is 7.02. The molecule has 0 spiro atoms. The summed E-state index contributed by atoms with van der Waals surface area (Å²) in [5.74, 6) is 0.455. The highest BCUT2D eigenvalue weighted by Crippen LogP contribution is 2.42. The average molecular weight is 482 g/mol. The molecule has 0 bridgehead atoms. The Labute approximate surface area is 202 Å². The minimum Gasteiger partial charge on any atom is -0.493 e. The van der Waals surface area contributed by atoms with E-state index < -0.39 is 5.92 Å². The summed E-state index contributed by atoms with van der Waals surface area (Å²) >= 11 is 1.36. The van der Waals surface area contributed by atoms with Gasteiger partial charge in [0.05, 0.1) is 38.6 Å². The van der Waals surface area contributed by atoms with Crippen LogP contribution < -0.4 is 24.4 Å². The van der Waals surface area contributed by atoms with Crippen molar-refractivity contribution in [3.05, 3.63) is 47.3 Å². The second-order valence-corrected chi connectivity index (χ2v) is 8.72. The maximum atomic E-state index is 12.9. The van der Waals surface area contributed by atoms with Gasteiger partial charge in [-0.2, -0.15) is 0 Å². The maximum Gasteiger partial charge on any atom is 0.231 e. The van der Waals surface area contributed by atoms with Gasteiger partial charge < -0.3 is 24.4 Å². The first-order valence-corrected chi connectivity index (χ1v) is 11.8. The Hall–Kier alpha value is -3.59. The van der Waals surface area contributed by atoms with Crippen molar-refractivity contribution in [3.63, 3.8) is 0 Å². The fraction of sp³-hybridized carbons (Fsp3) is 0.320. The van der Waals surface area contributed by atoms with Gasteiger partial charge in [0.2, 0.25) is 17.6 Å². The van der Waals surface area contributed by atoms with Crippen LogP contribution in [0.25, 0.3) is 11.3 Å². The number of anilines is 2. The third-order valence-electron chi connectivity index (χ3n) is 5.85. The second kappa shape index (κ2) is 10.1. The van der Waals surface area contributed by atoms with Crippen LogP contribution in [0.1, 0.15) is 18.9 Å². The number of ether oxygens (including phenoxy) is 3. The average Bonchev–Trinajstić information content (AvgIpc) is 3.49. The molecule has 4 rings (SSSR count). The molecule has 1 aliphatic heterocycles. The SMILES string of the molecule is CCc1ccc(-c2csc(NC(=O)C3CC(=O)N(c4cc(OC)c(OC)c(OC)c4)C3)n2)cc1. The number of thiazole rings is 1. The standard InChI is InChI=1S/C25H27N3O5S/c1-5-15-6-8-16(9-7-15)19-14-34-25(26-19)27-24(30)17-10-22(29)28(13-17)18-11-20(31-2)23(33-4)21(12-18)32-3/h6-9,11-12,14,17H,5,10,13H2,1-4H3,(H,26,27,30). The number of carbonyl (C=O) groups is 2. The number of hydrogen-bond donors (Lipinski definition) is 1. The summed E-state index contributed by atoms with van der Waals surface area (Å²) < 4.78 is 16.1. The Morgan fingerprint density at radius 2 is 1.79 bits per heavy atom. The Bertz CT molecular complexity index is 1170. The lowest BCUT2D eigenvalue weighted by Crippen LogP contribution is -2.28. The molecule has 0 radical (unpaired) electrons. The number of methoxy groups -OCH3 is 3. The molecule has 1 aliphatic rings. The first-order chi connectivity index (χ1) is 16.5. The van der Waals surface area contributed by atoms with Gasteiger partial charge in [-0.25, -0.2) is 4.98 Å². The molecule has 178 valence electrons. The summed E-state index contributed by atoms with van der Waals surface area (Å²) in [5, 5.41) is 5.30. The molecule has 2 amide bonds. The summed E-state index contributed by atoms with van der Waals surface area (Å²) in [6.07, 6.45) is 1.09. The second-order valence-electron chi connectivity index (χ2n) is 7.87. The van der Waals surface area contributed by atoms with E-state index >= 15 is 0 Å². The molecular weight excluding hydrogens is 454 g/mol. The molecule has 1 N–H and O–H groups in total. The third kappa shape index (κ3) is 4.70. The highest BCUT2D eigenvalue weighted by atomic mass is 32.1. The normalized spacial score (nSPS) is 15.4. The van der Waals surface area contributed by atoms with Gasteiger partial charge in [0.25, 0.3) is 0 Å². The van der Waals surface area contributed by atoms with Gasteiger partial charge in [0, 0.05) is 36.0 Å². The molecule has 2 aromatic carbocycles. The molecule has 1 atom stereocenters. The predicted molar refractivity (Wildman–Crippen MR) is 132 cm³/mol. The van der Waals surface area contributed by atoms with Gasteiger partial charge in [-0.05, 0) is 12.0 Å². The van der Waals surface area contributed by atoms with Crippen LogP contribution in [0.2, 0.25) is 0 Å². The van der Waals surface area contributed by atoms with Gasteiger partial charge >= 0.3 is 0 Å². The number of hydrogen-bond acceptors (Lipinski definition) is 7. The summed E-state index contributed by atoms with van der Waals surface area (Å²) in [6.45, 7) is 2.36. The van der Waals surface area contributed by atoms with Crippen LogP contribution in [-0.2, 0) is 16.0 Å². The number of benzene rings is 2. The number of nitrogens with zero attached hydrogens (tertiary/aromatic N) is 2. The fourth-order valence-electron chi connectivity index (χ4n) is 3.94. The van der Waals surface area contributed by atoms with E-state index in [0.29, 0.717) is 28.1 Å². The molecule has 0 aliphatic carbocycles. The lowest BCUT2D eigenvalue weighted by Gasteiger charge is -2.20. The van der Waals surface area contributed by atoms with Crippen molar-refractivity contribution in [1.29, 1.82) is 0 Å². The van der Waals surface area contributed by atoms with Crippen molar-refractivity contribution >= 4 is 34.0 Å². The van der Waals surface area contributed by atoms with Crippen molar-refractivity contribution in [2.45, 2.75) is 19.8 Å². The molecule has 1 aromatic heterocycles. The lowest BCUT2D eigenvalue weighted by molar-refractivity contribution is -0.122. The van der Waals surface area contributed by atoms with Crippen LogP contribution in [0.15, 0.2) is 41.8 Å². The van der Waals surface area contributed by atoms with Crippen LogP contribution in [0.5, 0.6) is 17.2 Å². The van der Waals surface area contributed by atoms with Gasteiger partial charge in [-0.15, -0.1) is 11.3 Å². The smallest absolute Gasteiger partial charge is 0.231 e. The van der Waals surface area contributed by atoms with Crippen molar-refractivity contribution in [2.24, 2.45) is 5.92 Å². The van der Waals surface area contributed by atoms with E-state index in [2.05, 4.69) is 29.4 Å². The van der Waals surface area contributed by atoms with Gasteiger partial charge in [-0.3, -0.25) is 9.59 Å². The van der Waals surface area contributed by atoms with Crippen LogP contribution in [0.4, 0.5) is 10.8 Å². The van der Waals surface area contributed by atoms with Crippen molar-refractivity contribution < 1.29 is 23.8 Å². The molecule has 8 nitrogen and oxygen atoms in total. The predicted octanol–water partition coefficient (Wildman–Crippen LogP) is 4.39. The monoisotopic (exact) mass is 481 g/mol. The van der Waals surface area contributed by atoms with Crippen LogP contribution >= 0.6 is 11.3 Å². The van der Waals surface area contributed by atoms with Crippen LogP contribution in [0, 0.1) is 5.92 Å². The van der Waals surface area contributed by atoms with E-state index in [1.807, 2.05) is 17.5 Å². The summed E-state index contributed by atoms with van der Waals surface area (Å²) in [7, 11) is 4.55. The quantitative estimate of drug-likeness (QED) is 0.513. The third-order valence-corrected chi connectivity index (χ3v) is 6.61. The number of carbonyl (C=O) groups excluding carboxylic acids is 2. The molecule has 9 heteroatoms. The summed E-state index contributed by atoms with van der Waals surface area (Å²) in [5.41, 5.74) is 3.65. The number of amides is 2. The Morgan fingerprint density at radius 1 is 1.12 bits per heavy atom. The zero-order chi connectivity index (χ0) is 24.2. The summed E-state index contributed by atoms with van der Waals surface area (Å²) in [6, 6.07) is 11.6. The number of aromatic nitrogens is 1. The molecule has 2 heterocycles. The topological polar surface area (TPSA) is 90.0 Å². The Balaban J connectivity index is 1.46. The molecule has 34 heavy (non-hydrogen) atoms. The van der Waals surface area contributed by atoms with E-state index in [9.17, 15) is 9.59 Å². The minimum absolute atomic E-state index is 0.110. The van der Waals surface area contributed by atoms with Crippen LogP contribution in [0.3, 0.4) is 0 Å². The highest BCUT2D eigenvalue weighted by Gasteiger charge is 2.36. The highest BCUT2D eigenvalue weighted by molar-refractivity contribution is 7.14. The first-order valence-electron chi connectivity index (χ1n) is 10.9. The number of rotatable bonds is 8. The van der Waals surface area contributed by atoms with E-state index in [-0.39, 0.29) is 24.8 Å². The van der Waals surface area contributed by atoms with Crippen molar-refractivity contribution in [2.75, 3.05) is 38.1 Å². The minimum atomic E-state index is -0.497. The molecule has 1 saturated heterocycles. The zero-order valence-corrected chi connectivity index (χ0v) is 20.4. The van der Waals surface area contributed by atoms with Gasteiger partial charge in [0.15, 0.2) is 16.6 Å². The number of aryl methyl sites for hydroxylation is 1. The van der Waals surface area contributed by atoms with E-state index in [0.717, 1.165) is 17.7 Å². The molecular formula is C25H27N3O5S. The molecule has 3 aromatic rings. The molecule has 1 unspecified atom stereocenters. The van der Waals surface area contributed by atoms with E-state index in [1.165, 1.54) is 38.2 Å². The molecule has 1 fully saturated rings. The van der Waals surface area contributed by atoms with Gasteiger partial charge in [-0.1, -0.05) is 31.2 Å². The summed E-state index contributed by atoms with van der Waals surface area (Å²) in [4.78, 5) is 31.8. The molecule has 0 saturated carbocycles. The van der Waals surface area contributed by atoms with Crippen molar-refractivity contribution in [1.82, 2.24) is 4.98 Å². The van der Waals surface area contributed by atoms with E-state index in [4.69, 9.17) is 14.2 Å². The largest absolute Gasteiger partial charge is 0.493 e. The van der Waals surface area contributed by atoms with Crippen molar-refractivity contribution in [3.8, 4) is 28.5 Å². The Morgan fingerprint density at radius 3 is 2.38 bits per heavy atom. The lowest BCUT2D eigenvalue weighted by atomic mass is 10.1.